The molecule has 1 aliphatic rings. The molecule has 1 aliphatic heterocycles. The predicted molar refractivity (Wildman–Crippen MR) is 115 cm³/mol. The minimum Gasteiger partial charge on any atom is -0.497 e. The molecule has 0 spiro atoms. The lowest BCUT2D eigenvalue weighted by Crippen LogP contribution is -2.43. The number of rotatable bonds is 6. The molecule has 0 amide bonds. The smallest absolute Gasteiger partial charge is 0.177 e. The highest BCUT2D eigenvalue weighted by Gasteiger charge is 2.19. The second kappa shape index (κ2) is 8.59. The molecule has 2 N–H and O–H groups in total. The number of benzene rings is 2. The van der Waals surface area contributed by atoms with Gasteiger partial charge in [-0.25, -0.2) is 8.42 Å². The van der Waals surface area contributed by atoms with Crippen molar-refractivity contribution in [2.45, 2.75) is 17.9 Å². The van der Waals surface area contributed by atoms with Crippen LogP contribution in [0, 0.1) is 0 Å². The molecule has 0 bridgehead atoms. The van der Waals surface area contributed by atoms with Crippen molar-refractivity contribution in [2.75, 3.05) is 49.8 Å². The summed E-state index contributed by atoms with van der Waals surface area (Å²) in [5.74, 6) is 0.661. The zero-order chi connectivity index (χ0) is 20.3. The van der Waals surface area contributed by atoms with Gasteiger partial charge in [-0.15, -0.1) is 0 Å². The molecule has 8 heteroatoms. The number of ether oxygens (including phenoxy) is 1. The Morgan fingerprint density at radius 3 is 2.54 bits per heavy atom. The highest BCUT2D eigenvalue weighted by Crippen LogP contribution is 2.32. The van der Waals surface area contributed by atoms with E-state index < -0.39 is 9.84 Å². The Balaban J connectivity index is 1.95. The Labute approximate surface area is 171 Å². The van der Waals surface area contributed by atoms with E-state index in [-0.39, 0.29) is 10.9 Å². The van der Waals surface area contributed by atoms with Crippen molar-refractivity contribution in [1.29, 1.82) is 0 Å². The van der Waals surface area contributed by atoms with E-state index in [4.69, 9.17) is 16.3 Å². The first kappa shape index (κ1) is 20.8. The van der Waals surface area contributed by atoms with Gasteiger partial charge in [0.05, 0.1) is 17.7 Å². The van der Waals surface area contributed by atoms with Crippen molar-refractivity contribution in [3.63, 3.8) is 0 Å². The van der Waals surface area contributed by atoms with E-state index in [1.807, 2.05) is 31.2 Å². The van der Waals surface area contributed by atoms with Gasteiger partial charge in [-0.05, 0) is 48.9 Å². The lowest BCUT2D eigenvalue weighted by atomic mass is 10.1. The third kappa shape index (κ3) is 4.90. The first-order valence-electron chi connectivity index (χ1n) is 9.19. The predicted octanol–water partition coefficient (Wildman–Crippen LogP) is 3.33. The first-order chi connectivity index (χ1) is 13.3. The normalized spacial score (nSPS) is 15.9. The first-order valence-corrected chi connectivity index (χ1v) is 11.5. The summed E-state index contributed by atoms with van der Waals surface area (Å²) >= 11 is 6.19. The number of piperazine rings is 1. The molecule has 0 saturated carbocycles. The molecule has 6 nitrogen and oxygen atoms in total. The Hall–Kier alpha value is -1.96. The van der Waals surface area contributed by atoms with Crippen molar-refractivity contribution in [2.24, 2.45) is 0 Å². The quantitative estimate of drug-likeness (QED) is 0.742. The van der Waals surface area contributed by atoms with Crippen LogP contribution in [0.1, 0.15) is 18.5 Å². The molecule has 0 aromatic heterocycles. The zero-order valence-corrected chi connectivity index (χ0v) is 17.9. The molecule has 1 unspecified atom stereocenters. The maximum Gasteiger partial charge on any atom is 0.177 e. The molecule has 0 aliphatic carbocycles. The molecule has 3 rings (SSSR count). The summed E-state index contributed by atoms with van der Waals surface area (Å²) in [5, 5.41) is 7.25. The van der Waals surface area contributed by atoms with Crippen LogP contribution < -0.4 is 20.3 Å². The number of halogens is 1. The summed E-state index contributed by atoms with van der Waals surface area (Å²) in [4.78, 5) is 2.54. The average molecular weight is 424 g/mol. The van der Waals surface area contributed by atoms with E-state index in [2.05, 4.69) is 15.5 Å². The Morgan fingerprint density at radius 2 is 1.89 bits per heavy atom. The topological polar surface area (TPSA) is 70.7 Å². The van der Waals surface area contributed by atoms with Crippen LogP contribution in [-0.4, -0.2) is 48.0 Å². The minimum absolute atomic E-state index is 0.161. The molecular weight excluding hydrogens is 398 g/mol. The molecule has 2 aromatic carbocycles. The third-order valence-corrected chi connectivity index (χ3v) is 6.22. The highest BCUT2D eigenvalue weighted by molar-refractivity contribution is 7.90. The van der Waals surface area contributed by atoms with Crippen molar-refractivity contribution in [3.8, 4) is 5.75 Å². The number of anilines is 2. The van der Waals surface area contributed by atoms with Crippen molar-refractivity contribution < 1.29 is 13.2 Å². The summed E-state index contributed by atoms with van der Waals surface area (Å²) in [7, 11) is -1.78. The van der Waals surface area contributed by atoms with E-state index in [1.165, 1.54) is 6.26 Å². The third-order valence-electron chi connectivity index (χ3n) is 4.85. The van der Waals surface area contributed by atoms with Gasteiger partial charge in [0.15, 0.2) is 9.84 Å². The molecule has 0 radical (unpaired) electrons. The average Bonchev–Trinajstić information content (AvgIpc) is 2.67. The monoisotopic (exact) mass is 423 g/mol. The van der Waals surface area contributed by atoms with Crippen LogP contribution in [0.25, 0.3) is 0 Å². The maximum absolute atomic E-state index is 12.3. The number of hydrogen-bond acceptors (Lipinski definition) is 6. The van der Waals surface area contributed by atoms with Gasteiger partial charge >= 0.3 is 0 Å². The van der Waals surface area contributed by atoms with Crippen LogP contribution in [-0.2, 0) is 9.84 Å². The fourth-order valence-corrected chi connectivity index (χ4v) is 4.41. The van der Waals surface area contributed by atoms with Crippen LogP contribution in [0.4, 0.5) is 11.4 Å². The van der Waals surface area contributed by atoms with Gasteiger partial charge in [0.2, 0.25) is 0 Å². The summed E-state index contributed by atoms with van der Waals surface area (Å²) in [6.45, 7) is 5.57. The maximum atomic E-state index is 12.3. The fourth-order valence-electron chi connectivity index (χ4n) is 3.34. The van der Waals surface area contributed by atoms with Crippen LogP contribution in [0.15, 0.2) is 41.3 Å². The SMILES string of the molecule is COc1cc(Cl)cc(C(C)Nc2cc(N3CCNCC3)ccc2S(C)(=O)=O)c1. The zero-order valence-electron chi connectivity index (χ0n) is 16.3. The van der Waals surface area contributed by atoms with E-state index in [0.29, 0.717) is 16.5 Å². The molecule has 1 heterocycles. The van der Waals surface area contributed by atoms with E-state index in [1.54, 1.807) is 19.2 Å². The summed E-state index contributed by atoms with van der Waals surface area (Å²) in [6, 6.07) is 10.8. The van der Waals surface area contributed by atoms with E-state index in [0.717, 1.165) is 37.4 Å². The standard InChI is InChI=1S/C20H26ClN3O3S/c1-14(15-10-16(21)12-18(11-15)27-2)23-19-13-17(24-8-6-22-7-9-24)4-5-20(19)28(3,25)26/h4-5,10-14,22-23H,6-9H2,1-3H3. The van der Waals surface area contributed by atoms with Gasteiger partial charge in [0, 0.05) is 49.2 Å². The van der Waals surface area contributed by atoms with E-state index in [9.17, 15) is 8.42 Å². The number of hydrogen-bond donors (Lipinski definition) is 2. The second-order valence-corrected chi connectivity index (χ2v) is 9.40. The molecule has 1 fully saturated rings. The van der Waals surface area contributed by atoms with Gasteiger partial charge in [-0.3, -0.25) is 0 Å². The van der Waals surface area contributed by atoms with E-state index >= 15 is 0 Å². The summed E-state index contributed by atoms with van der Waals surface area (Å²) < 4.78 is 29.9. The van der Waals surface area contributed by atoms with Crippen molar-refractivity contribution in [1.82, 2.24) is 5.32 Å². The van der Waals surface area contributed by atoms with Gasteiger partial charge in [0.1, 0.15) is 5.75 Å². The summed E-state index contributed by atoms with van der Waals surface area (Å²) in [5.41, 5.74) is 2.51. The van der Waals surface area contributed by atoms with Gasteiger partial charge < -0.3 is 20.3 Å². The Kier molecular flexibility index (Phi) is 6.37. The van der Waals surface area contributed by atoms with Crippen LogP contribution >= 0.6 is 11.6 Å². The molecule has 1 atom stereocenters. The number of nitrogens with zero attached hydrogens (tertiary/aromatic N) is 1. The number of methoxy groups -OCH3 is 1. The number of sulfone groups is 1. The highest BCUT2D eigenvalue weighted by atomic mass is 35.5. The Morgan fingerprint density at radius 1 is 1.18 bits per heavy atom. The molecule has 28 heavy (non-hydrogen) atoms. The summed E-state index contributed by atoms with van der Waals surface area (Å²) in [6.07, 6.45) is 1.23. The van der Waals surface area contributed by atoms with Crippen LogP contribution in [0.2, 0.25) is 5.02 Å². The van der Waals surface area contributed by atoms with Gasteiger partial charge in [0.25, 0.3) is 0 Å². The Bertz CT molecular complexity index is 944. The van der Waals surface area contributed by atoms with Crippen molar-refractivity contribution >= 4 is 32.8 Å². The van der Waals surface area contributed by atoms with Gasteiger partial charge in [-0.1, -0.05) is 11.6 Å². The van der Waals surface area contributed by atoms with Gasteiger partial charge in [-0.2, -0.15) is 0 Å². The van der Waals surface area contributed by atoms with Crippen LogP contribution in [0.3, 0.4) is 0 Å². The minimum atomic E-state index is -3.37. The molecular formula is C20H26ClN3O3S. The van der Waals surface area contributed by atoms with Crippen molar-refractivity contribution in [3.05, 3.63) is 47.0 Å². The lowest BCUT2D eigenvalue weighted by Gasteiger charge is -2.30. The largest absolute Gasteiger partial charge is 0.497 e. The molecule has 152 valence electrons. The molecule has 1 saturated heterocycles. The second-order valence-electron chi connectivity index (χ2n) is 6.98. The number of nitrogens with one attached hydrogen (secondary N) is 2. The van der Waals surface area contributed by atoms with Crippen LogP contribution in [0.5, 0.6) is 5.75 Å². The lowest BCUT2D eigenvalue weighted by molar-refractivity contribution is 0.414. The fraction of sp³-hybridized carbons (Fsp3) is 0.400. The molecule has 2 aromatic rings.